The number of hydrogen-bond acceptors (Lipinski definition) is 4. The van der Waals surface area contributed by atoms with Gasteiger partial charge in [0.05, 0.1) is 12.3 Å². The third-order valence-electron chi connectivity index (χ3n) is 3.89. The lowest BCUT2D eigenvalue weighted by molar-refractivity contribution is -0.129. The van der Waals surface area contributed by atoms with Crippen LogP contribution in [-0.2, 0) is 4.79 Å². The number of pyridine rings is 1. The summed E-state index contributed by atoms with van der Waals surface area (Å²) in [7, 11) is 0. The number of ether oxygens (including phenoxy) is 2. The van der Waals surface area contributed by atoms with E-state index in [0.29, 0.717) is 23.7 Å². The fraction of sp³-hybridized carbons (Fsp3) is 0.0833. The summed E-state index contributed by atoms with van der Waals surface area (Å²) < 4.78 is 24.0. The van der Waals surface area contributed by atoms with Gasteiger partial charge in [0.2, 0.25) is 0 Å². The van der Waals surface area contributed by atoms with Gasteiger partial charge in [-0.1, -0.05) is 30.3 Å². The van der Waals surface area contributed by atoms with E-state index in [1.807, 2.05) is 43.3 Å². The van der Waals surface area contributed by atoms with Gasteiger partial charge >= 0.3 is 5.97 Å². The van der Waals surface area contributed by atoms with E-state index in [2.05, 4.69) is 4.98 Å². The molecule has 0 amide bonds. The molecule has 4 nitrogen and oxygen atoms in total. The van der Waals surface area contributed by atoms with Crippen molar-refractivity contribution in [3.63, 3.8) is 0 Å². The number of aromatic nitrogens is 1. The van der Waals surface area contributed by atoms with Gasteiger partial charge in [-0.25, -0.2) is 9.18 Å². The van der Waals surface area contributed by atoms with Crippen LogP contribution in [0.3, 0.4) is 0 Å². The lowest BCUT2D eigenvalue weighted by atomic mass is 10.1. The third-order valence-corrected chi connectivity index (χ3v) is 3.89. The quantitative estimate of drug-likeness (QED) is 0.308. The van der Waals surface area contributed by atoms with Gasteiger partial charge in [-0.2, -0.15) is 0 Å². The zero-order valence-corrected chi connectivity index (χ0v) is 15.9. The van der Waals surface area contributed by atoms with Crippen molar-refractivity contribution >= 4 is 24.2 Å². The molecule has 1 aromatic heterocycles. The van der Waals surface area contributed by atoms with E-state index in [0.717, 1.165) is 11.3 Å². The van der Waals surface area contributed by atoms with E-state index in [4.69, 9.17) is 9.47 Å². The molecule has 5 heteroatoms. The predicted octanol–water partition coefficient (Wildman–Crippen LogP) is 5.41. The van der Waals surface area contributed by atoms with Gasteiger partial charge in [-0.15, -0.1) is 0 Å². The zero-order chi connectivity index (χ0) is 20.5. The lowest BCUT2D eigenvalue weighted by Gasteiger charge is -2.10. The number of benzene rings is 2. The molecule has 0 aliphatic rings. The molecule has 0 N–H and O–H groups in total. The van der Waals surface area contributed by atoms with Gasteiger partial charge in [0.1, 0.15) is 5.82 Å². The van der Waals surface area contributed by atoms with E-state index in [1.165, 1.54) is 18.2 Å². The minimum atomic E-state index is -0.549. The Labute approximate surface area is 168 Å². The second-order valence-electron chi connectivity index (χ2n) is 6.03. The largest absolute Gasteiger partial charge is 0.490 e. The van der Waals surface area contributed by atoms with Crippen molar-refractivity contribution in [2.24, 2.45) is 0 Å². The highest BCUT2D eigenvalue weighted by atomic mass is 19.1. The standard InChI is InChI=1S/C24H20FNO3/c1-2-28-23-17-19(8-13-21-5-3-4-16-26-21)9-14-22(23)29-24(27)15-10-18-6-11-20(25)12-7-18/h3-17H,2H2,1H3/b13-8+,15-10+. The Hall–Kier alpha value is -3.73. The molecule has 0 radical (unpaired) electrons. The first-order chi connectivity index (χ1) is 14.1. The Morgan fingerprint density at radius 3 is 2.48 bits per heavy atom. The summed E-state index contributed by atoms with van der Waals surface area (Å²) in [5, 5.41) is 0. The molecule has 0 aliphatic carbocycles. The number of nitrogens with zero attached hydrogens (tertiary/aromatic N) is 1. The van der Waals surface area contributed by atoms with Gasteiger partial charge < -0.3 is 9.47 Å². The highest BCUT2D eigenvalue weighted by molar-refractivity contribution is 5.89. The monoisotopic (exact) mass is 389 g/mol. The van der Waals surface area contributed by atoms with Crippen molar-refractivity contribution in [1.82, 2.24) is 4.98 Å². The summed E-state index contributed by atoms with van der Waals surface area (Å²) in [6, 6.07) is 16.8. The summed E-state index contributed by atoms with van der Waals surface area (Å²) in [6.45, 7) is 2.29. The molecule has 0 spiro atoms. The first kappa shape index (κ1) is 20.0. The number of hydrogen-bond donors (Lipinski definition) is 0. The number of rotatable bonds is 7. The SMILES string of the molecule is CCOc1cc(/C=C/c2ccccn2)ccc1OC(=O)/C=C/c1ccc(F)cc1. The number of halogens is 1. The van der Waals surface area contributed by atoms with Gasteiger partial charge in [0, 0.05) is 12.3 Å². The van der Waals surface area contributed by atoms with Crippen molar-refractivity contribution < 1.29 is 18.7 Å². The molecule has 0 atom stereocenters. The zero-order valence-electron chi connectivity index (χ0n) is 15.9. The summed E-state index contributed by atoms with van der Waals surface area (Å²) >= 11 is 0. The molecule has 0 saturated heterocycles. The van der Waals surface area contributed by atoms with Crippen LogP contribution in [0.15, 0.2) is 72.9 Å². The average Bonchev–Trinajstić information content (AvgIpc) is 2.74. The van der Waals surface area contributed by atoms with Crippen LogP contribution in [-0.4, -0.2) is 17.6 Å². The molecule has 0 aliphatic heterocycles. The Kier molecular flexibility index (Phi) is 6.90. The maximum absolute atomic E-state index is 12.9. The maximum atomic E-state index is 12.9. The topological polar surface area (TPSA) is 48.4 Å². The first-order valence-corrected chi connectivity index (χ1v) is 9.15. The third kappa shape index (κ3) is 6.14. The Morgan fingerprint density at radius 1 is 0.966 bits per heavy atom. The minimum Gasteiger partial charge on any atom is -0.490 e. The molecule has 1 heterocycles. The molecule has 0 fully saturated rings. The summed E-state index contributed by atoms with van der Waals surface area (Å²) in [5.74, 6) is -0.0786. The van der Waals surface area contributed by atoms with Crippen molar-refractivity contribution in [1.29, 1.82) is 0 Å². The van der Waals surface area contributed by atoms with Crippen molar-refractivity contribution in [3.8, 4) is 11.5 Å². The first-order valence-electron chi connectivity index (χ1n) is 9.15. The van der Waals surface area contributed by atoms with Crippen LogP contribution in [0.4, 0.5) is 4.39 Å². The Balaban J connectivity index is 1.71. The fourth-order valence-corrected chi connectivity index (χ4v) is 2.52. The number of esters is 1. The maximum Gasteiger partial charge on any atom is 0.336 e. The summed E-state index contributed by atoms with van der Waals surface area (Å²) in [6.07, 6.45) is 8.38. The van der Waals surface area contributed by atoms with E-state index in [-0.39, 0.29) is 5.82 Å². The second kappa shape index (κ2) is 9.99. The molecular formula is C24H20FNO3. The van der Waals surface area contributed by atoms with Crippen LogP contribution in [0.2, 0.25) is 0 Å². The van der Waals surface area contributed by atoms with Crippen LogP contribution in [0.1, 0.15) is 23.7 Å². The van der Waals surface area contributed by atoms with Gasteiger partial charge in [0.25, 0.3) is 0 Å². The smallest absolute Gasteiger partial charge is 0.336 e. The predicted molar refractivity (Wildman–Crippen MR) is 112 cm³/mol. The number of carbonyl (C=O) groups excluding carboxylic acids is 1. The van der Waals surface area contributed by atoms with Crippen molar-refractivity contribution in [2.75, 3.05) is 6.61 Å². The molecule has 0 unspecified atom stereocenters. The van der Waals surface area contributed by atoms with E-state index < -0.39 is 5.97 Å². The molecular weight excluding hydrogens is 369 g/mol. The second-order valence-corrected chi connectivity index (χ2v) is 6.03. The van der Waals surface area contributed by atoms with Crippen molar-refractivity contribution in [3.05, 3.63) is 95.6 Å². The van der Waals surface area contributed by atoms with Gasteiger partial charge in [-0.3, -0.25) is 4.98 Å². The van der Waals surface area contributed by atoms with E-state index in [9.17, 15) is 9.18 Å². The Morgan fingerprint density at radius 2 is 1.76 bits per heavy atom. The van der Waals surface area contributed by atoms with Gasteiger partial charge in [0.15, 0.2) is 11.5 Å². The fourth-order valence-electron chi connectivity index (χ4n) is 2.52. The average molecular weight is 389 g/mol. The van der Waals surface area contributed by atoms with Crippen LogP contribution in [0, 0.1) is 5.82 Å². The minimum absolute atomic E-state index is 0.329. The lowest BCUT2D eigenvalue weighted by Crippen LogP contribution is -2.06. The highest BCUT2D eigenvalue weighted by Crippen LogP contribution is 2.29. The van der Waals surface area contributed by atoms with Crippen LogP contribution in [0.5, 0.6) is 11.5 Å². The number of carbonyl (C=O) groups is 1. The summed E-state index contributed by atoms with van der Waals surface area (Å²) in [5.41, 5.74) is 2.43. The molecule has 0 bridgehead atoms. The van der Waals surface area contributed by atoms with Crippen LogP contribution >= 0.6 is 0 Å². The molecule has 3 rings (SSSR count). The molecule has 29 heavy (non-hydrogen) atoms. The summed E-state index contributed by atoms with van der Waals surface area (Å²) in [4.78, 5) is 16.4. The molecule has 0 saturated carbocycles. The molecule has 2 aromatic carbocycles. The van der Waals surface area contributed by atoms with Crippen LogP contribution < -0.4 is 9.47 Å². The van der Waals surface area contributed by atoms with Gasteiger partial charge in [-0.05, 0) is 66.6 Å². The highest BCUT2D eigenvalue weighted by Gasteiger charge is 2.09. The van der Waals surface area contributed by atoms with Crippen molar-refractivity contribution in [2.45, 2.75) is 6.92 Å². The molecule has 3 aromatic rings. The van der Waals surface area contributed by atoms with Crippen LogP contribution in [0.25, 0.3) is 18.2 Å². The van der Waals surface area contributed by atoms with E-state index >= 15 is 0 Å². The normalized spacial score (nSPS) is 11.1. The van der Waals surface area contributed by atoms with E-state index in [1.54, 1.807) is 36.5 Å². The Bertz CT molecular complexity index is 1010. The molecule has 146 valence electrons.